The minimum absolute atomic E-state index is 0.0402. The molecule has 2 heterocycles. The molecule has 2 aliphatic rings. The second kappa shape index (κ2) is 10.6. The van der Waals surface area contributed by atoms with Gasteiger partial charge in [0.15, 0.2) is 0 Å². The number of rotatable bonds is 6. The van der Waals surface area contributed by atoms with Gasteiger partial charge in [-0.1, -0.05) is 37.3 Å². The lowest BCUT2D eigenvalue weighted by molar-refractivity contribution is -0.124. The van der Waals surface area contributed by atoms with Crippen molar-refractivity contribution in [2.24, 2.45) is 11.8 Å². The molecule has 4 rings (SSSR count). The van der Waals surface area contributed by atoms with Crippen molar-refractivity contribution in [2.45, 2.75) is 58.4 Å². The average molecular weight is 455 g/mol. The largest absolute Gasteiger partial charge is 0.462 e. The summed E-state index contributed by atoms with van der Waals surface area (Å²) in [6, 6.07) is 12.1. The van der Waals surface area contributed by atoms with Crippen molar-refractivity contribution in [1.82, 2.24) is 5.32 Å². The molecule has 0 bridgehead atoms. The van der Waals surface area contributed by atoms with Gasteiger partial charge in [0, 0.05) is 16.8 Å². The van der Waals surface area contributed by atoms with Crippen LogP contribution in [0.3, 0.4) is 0 Å². The zero-order chi connectivity index (χ0) is 22.5. The highest BCUT2D eigenvalue weighted by Crippen LogP contribution is 2.42. The minimum Gasteiger partial charge on any atom is -0.462 e. The van der Waals surface area contributed by atoms with Crippen LogP contribution in [-0.2, 0) is 9.53 Å². The third-order valence-corrected chi connectivity index (χ3v) is 7.94. The van der Waals surface area contributed by atoms with E-state index in [-0.39, 0.29) is 23.8 Å². The SMILES string of the molecule is CCOC(=O)c1cc(-c2ccccc2)sc1N(C(=O)[C@H]1CC[C@H](C)CC1)C1CCNCC1. The number of hydrogen-bond donors (Lipinski definition) is 1. The molecule has 6 heteroatoms. The van der Waals surface area contributed by atoms with Crippen LogP contribution in [0.1, 0.15) is 62.7 Å². The Bertz CT molecular complexity index is 912. The fourth-order valence-corrected chi connectivity index (χ4v) is 6.10. The maximum absolute atomic E-state index is 13.9. The lowest BCUT2D eigenvalue weighted by atomic mass is 9.82. The van der Waals surface area contributed by atoms with Gasteiger partial charge in [-0.05, 0) is 76.1 Å². The number of hydrogen-bond acceptors (Lipinski definition) is 5. The number of nitrogens with one attached hydrogen (secondary N) is 1. The molecule has 1 aliphatic carbocycles. The van der Waals surface area contributed by atoms with Crippen molar-refractivity contribution in [3.63, 3.8) is 0 Å². The third-order valence-electron chi connectivity index (χ3n) is 6.76. The van der Waals surface area contributed by atoms with Crippen molar-refractivity contribution < 1.29 is 14.3 Å². The summed E-state index contributed by atoms with van der Waals surface area (Å²) >= 11 is 1.55. The number of benzene rings is 1. The van der Waals surface area contributed by atoms with E-state index in [9.17, 15) is 9.59 Å². The van der Waals surface area contributed by atoms with Gasteiger partial charge in [-0.15, -0.1) is 11.3 Å². The molecule has 0 unspecified atom stereocenters. The Balaban J connectivity index is 1.75. The standard InChI is InChI=1S/C26H34N2O3S/c1-3-31-26(30)22-17-23(19-7-5-4-6-8-19)32-25(22)28(21-13-15-27-16-14-21)24(29)20-11-9-18(2)10-12-20/h4-8,17-18,20-21,27H,3,9-16H2,1-2H3/t18-,20-. The summed E-state index contributed by atoms with van der Waals surface area (Å²) in [5, 5.41) is 4.17. The van der Waals surface area contributed by atoms with Crippen LogP contribution >= 0.6 is 11.3 Å². The molecular formula is C26H34N2O3S. The summed E-state index contributed by atoms with van der Waals surface area (Å²) in [5.41, 5.74) is 1.57. The number of ether oxygens (including phenoxy) is 1. The molecular weight excluding hydrogens is 420 g/mol. The lowest BCUT2D eigenvalue weighted by Gasteiger charge is -2.37. The predicted molar refractivity (Wildman–Crippen MR) is 130 cm³/mol. The molecule has 1 saturated heterocycles. The van der Waals surface area contributed by atoms with Gasteiger partial charge in [-0.2, -0.15) is 0 Å². The molecule has 5 nitrogen and oxygen atoms in total. The molecule has 1 aliphatic heterocycles. The van der Waals surface area contributed by atoms with Crippen LogP contribution in [0.4, 0.5) is 5.00 Å². The molecule has 2 aromatic rings. The number of carbonyl (C=O) groups is 2. The van der Waals surface area contributed by atoms with Crippen LogP contribution in [0.15, 0.2) is 36.4 Å². The highest BCUT2D eigenvalue weighted by molar-refractivity contribution is 7.20. The molecule has 0 spiro atoms. The highest BCUT2D eigenvalue weighted by atomic mass is 32.1. The zero-order valence-electron chi connectivity index (χ0n) is 19.1. The molecule has 1 saturated carbocycles. The van der Waals surface area contributed by atoms with E-state index < -0.39 is 0 Å². The van der Waals surface area contributed by atoms with E-state index in [0.29, 0.717) is 18.1 Å². The minimum atomic E-state index is -0.343. The first kappa shape index (κ1) is 23.0. The maximum Gasteiger partial charge on any atom is 0.341 e. The predicted octanol–water partition coefficient (Wildman–Crippen LogP) is 5.50. The van der Waals surface area contributed by atoms with Crippen LogP contribution in [-0.4, -0.2) is 37.6 Å². The van der Waals surface area contributed by atoms with Gasteiger partial charge >= 0.3 is 5.97 Å². The molecule has 1 aromatic heterocycles. The number of amides is 1. The summed E-state index contributed by atoms with van der Waals surface area (Å²) in [4.78, 5) is 29.9. The monoisotopic (exact) mass is 454 g/mol. The van der Waals surface area contributed by atoms with Gasteiger partial charge in [0.05, 0.1) is 12.2 Å². The fraction of sp³-hybridized carbons (Fsp3) is 0.538. The molecule has 1 aromatic carbocycles. The van der Waals surface area contributed by atoms with E-state index in [4.69, 9.17) is 4.74 Å². The summed E-state index contributed by atoms with van der Waals surface area (Å²) in [7, 11) is 0. The summed E-state index contributed by atoms with van der Waals surface area (Å²) in [6.45, 7) is 6.19. The highest BCUT2D eigenvalue weighted by Gasteiger charge is 2.36. The summed E-state index contributed by atoms with van der Waals surface area (Å²) in [5.74, 6) is 0.576. The first-order valence-electron chi connectivity index (χ1n) is 12.0. The van der Waals surface area contributed by atoms with Gasteiger partial charge in [-0.25, -0.2) is 4.79 Å². The summed E-state index contributed by atoms with van der Waals surface area (Å²) in [6.07, 6.45) is 5.87. The Morgan fingerprint density at radius 1 is 1.06 bits per heavy atom. The Kier molecular flexibility index (Phi) is 7.63. The Morgan fingerprint density at radius 3 is 2.41 bits per heavy atom. The van der Waals surface area contributed by atoms with Crippen molar-refractivity contribution in [3.8, 4) is 10.4 Å². The van der Waals surface area contributed by atoms with Crippen molar-refractivity contribution >= 4 is 28.2 Å². The number of nitrogens with zero attached hydrogens (tertiary/aromatic N) is 1. The number of piperidine rings is 1. The second-order valence-electron chi connectivity index (χ2n) is 9.06. The van der Waals surface area contributed by atoms with E-state index in [0.717, 1.165) is 67.1 Å². The van der Waals surface area contributed by atoms with Gasteiger partial charge in [-0.3, -0.25) is 9.69 Å². The van der Waals surface area contributed by atoms with Gasteiger partial charge < -0.3 is 10.1 Å². The Hall–Kier alpha value is -2.18. The lowest BCUT2D eigenvalue weighted by Crippen LogP contribution is -2.49. The van der Waals surface area contributed by atoms with Gasteiger partial charge in [0.2, 0.25) is 5.91 Å². The average Bonchev–Trinajstić information content (AvgIpc) is 3.26. The van der Waals surface area contributed by atoms with E-state index in [2.05, 4.69) is 12.2 Å². The number of esters is 1. The third kappa shape index (κ3) is 5.07. The quantitative estimate of drug-likeness (QED) is 0.585. The first-order chi connectivity index (χ1) is 15.6. The number of anilines is 1. The zero-order valence-corrected chi connectivity index (χ0v) is 20.0. The van der Waals surface area contributed by atoms with Crippen molar-refractivity contribution in [1.29, 1.82) is 0 Å². The smallest absolute Gasteiger partial charge is 0.341 e. The van der Waals surface area contributed by atoms with Crippen LogP contribution in [0, 0.1) is 11.8 Å². The normalized spacial score (nSPS) is 21.8. The Labute approximate surface area is 195 Å². The molecule has 0 radical (unpaired) electrons. The molecule has 32 heavy (non-hydrogen) atoms. The number of thiophene rings is 1. The van der Waals surface area contributed by atoms with Crippen LogP contribution in [0.5, 0.6) is 0 Å². The van der Waals surface area contributed by atoms with Gasteiger partial charge in [0.1, 0.15) is 5.00 Å². The topological polar surface area (TPSA) is 58.6 Å². The van der Waals surface area contributed by atoms with E-state index in [1.807, 2.05) is 48.2 Å². The molecule has 1 N–H and O–H groups in total. The maximum atomic E-state index is 13.9. The second-order valence-corrected chi connectivity index (χ2v) is 10.1. The molecule has 0 atom stereocenters. The Morgan fingerprint density at radius 2 is 1.75 bits per heavy atom. The van der Waals surface area contributed by atoms with Crippen LogP contribution in [0.25, 0.3) is 10.4 Å². The van der Waals surface area contributed by atoms with Gasteiger partial charge in [0.25, 0.3) is 0 Å². The van der Waals surface area contributed by atoms with E-state index in [1.165, 1.54) is 0 Å². The number of carbonyl (C=O) groups excluding carboxylic acids is 2. The van der Waals surface area contributed by atoms with Crippen LogP contribution in [0.2, 0.25) is 0 Å². The first-order valence-corrected chi connectivity index (χ1v) is 12.8. The van der Waals surface area contributed by atoms with Crippen LogP contribution < -0.4 is 10.2 Å². The molecule has 172 valence electrons. The fourth-order valence-electron chi connectivity index (χ4n) is 4.87. The molecule has 1 amide bonds. The van der Waals surface area contributed by atoms with E-state index in [1.54, 1.807) is 11.3 Å². The summed E-state index contributed by atoms with van der Waals surface area (Å²) < 4.78 is 5.41. The van der Waals surface area contributed by atoms with Crippen molar-refractivity contribution in [3.05, 3.63) is 42.0 Å². The van der Waals surface area contributed by atoms with Crippen molar-refractivity contribution in [2.75, 3.05) is 24.6 Å². The van der Waals surface area contributed by atoms with E-state index >= 15 is 0 Å². The molecule has 2 fully saturated rings.